The second-order valence-corrected chi connectivity index (χ2v) is 6.95. The molecule has 0 spiro atoms. The Kier molecular flexibility index (Phi) is 9.92. The molecular formula is C24H27Cl2NO. The van der Waals surface area contributed by atoms with Gasteiger partial charge in [0.25, 0.3) is 0 Å². The third-order valence-electron chi connectivity index (χ3n) is 4.52. The van der Waals surface area contributed by atoms with Gasteiger partial charge in [-0.05, 0) is 22.8 Å². The number of nitrogens with zero attached hydrogens (tertiary/aromatic N) is 1. The molecule has 148 valence electrons. The molecule has 28 heavy (non-hydrogen) atoms. The van der Waals surface area contributed by atoms with Crippen LogP contribution in [0.5, 0.6) is 5.75 Å². The maximum atomic E-state index is 6.14. The van der Waals surface area contributed by atoms with Crippen LogP contribution in [0.2, 0.25) is 0 Å². The first-order chi connectivity index (χ1) is 13.3. The average Bonchev–Trinajstić information content (AvgIpc) is 2.71. The molecule has 0 saturated heterocycles. The highest BCUT2D eigenvalue weighted by Gasteiger charge is 2.08. The average molecular weight is 416 g/mol. The molecule has 3 aromatic carbocycles. The third-order valence-corrected chi connectivity index (χ3v) is 4.69. The summed E-state index contributed by atoms with van der Waals surface area (Å²) in [6.07, 6.45) is 0.881. The van der Waals surface area contributed by atoms with Crippen molar-refractivity contribution >= 4 is 24.0 Å². The summed E-state index contributed by atoms with van der Waals surface area (Å²) in [6.45, 7) is 3.24. The van der Waals surface area contributed by atoms with Crippen molar-refractivity contribution in [3.63, 3.8) is 0 Å². The fourth-order valence-corrected chi connectivity index (χ4v) is 3.36. The smallest absolute Gasteiger partial charge is 0.122 e. The molecule has 0 amide bonds. The van der Waals surface area contributed by atoms with E-state index in [1.54, 1.807) is 0 Å². The molecule has 0 fully saturated rings. The predicted molar refractivity (Wildman–Crippen MR) is 121 cm³/mol. The maximum Gasteiger partial charge on any atom is 0.122 e. The second kappa shape index (κ2) is 12.5. The van der Waals surface area contributed by atoms with Crippen molar-refractivity contribution in [2.75, 3.05) is 25.6 Å². The number of rotatable bonds is 10. The number of hydrogen-bond donors (Lipinski definition) is 0. The summed E-state index contributed by atoms with van der Waals surface area (Å²) in [5.74, 6) is 1.59. The van der Waals surface area contributed by atoms with Crippen LogP contribution in [0, 0.1) is 0 Å². The van der Waals surface area contributed by atoms with Crippen molar-refractivity contribution < 1.29 is 4.74 Å². The first kappa shape index (κ1) is 22.3. The lowest BCUT2D eigenvalue weighted by molar-refractivity contribution is 0.210. The standard InChI is InChI=1S/C24H26ClNO.ClH/c25-15-16-26(20-22-11-5-2-6-12-22)17-18-27-24-14-8-7-13-23(24)19-21-9-3-1-4-10-21;/h1-14H,15-20H2;1H. The van der Waals surface area contributed by atoms with E-state index in [0.717, 1.165) is 31.8 Å². The molecule has 0 N–H and O–H groups in total. The van der Waals surface area contributed by atoms with Gasteiger partial charge in [0.1, 0.15) is 12.4 Å². The van der Waals surface area contributed by atoms with E-state index in [4.69, 9.17) is 16.3 Å². The van der Waals surface area contributed by atoms with E-state index >= 15 is 0 Å². The summed E-state index contributed by atoms with van der Waals surface area (Å²) in [5, 5.41) is 0. The van der Waals surface area contributed by atoms with Gasteiger partial charge in [-0.25, -0.2) is 0 Å². The number of hydrogen-bond acceptors (Lipinski definition) is 2. The van der Waals surface area contributed by atoms with E-state index in [9.17, 15) is 0 Å². The monoisotopic (exact) mass is 415 g/mol. The van der Waals surface area contributed by atoms with Crippen LogP contribution in [-0.4, -0.2) is 30.5 Å². The lowest BCUT2D eigenvalue weighted by Crippen LogP contribution is -2.30. The highest BCUT2D eigenvalue weighted by atomic mass is 35.5. The van der Waals surface area contributed by atoms with Gasteiger partial charge in [0.15, 0.2) is 0 Å². The number of alkyl halides is 1. The van der Waals surface area contributed by atoms with Crippen LogP contribution in [0.1, 0.15) is 16.7 Å². The highest BCUT2D eigenvalue weighted by Crippen LogP contribution is 2.21. The Morgan fingerprint density at radius 2 is 1.32 bits per heavy atom. The Morgan fingerprint density at radius 1 is 0.714 bits per heavy atom. The van der Waals surface area contributed by atoms with Gasteiger partial charge in [0, 0.05) is 31.9 Å². The normalized spacial score (nSPS) is 10.5. The van der Waals surface area contributed by atoms with E-state index < -0.39 is 0 Å². The molecule has 0 saturated carbocycles. The Labute approximate surface area is 179 Å². The molecule has 0 aliphatic rings. The summed E-state index contributed by atoms with van der Waals surface area (Å²) in [4.78, 5) is 2.34. The van der Waals surface area contributed by atoms with Crippen LogP contribution < -0.4 is 4.74 Å². The van der Waals surface area contributed by atoms with Crippen molar-refractivity contribution in [2.24, 2.45) is 0 Å². The highest BCUT2D eigenvalue weighted by molar-refractivity contribution is 6.18. The van der Waals surface area contributed by atoms with Gasteiger partial charge in [-0.1, -0.05) is 78.9 Å². The Bertz CT molecular complexity index is 796. The molecule has 2 nitrogen and oxygen atoms in total. The van der Waals surface area contributed by atoms with Crippen LogP contribution in [-0.2, 0) is 13.0 Å². The van der Waals surface area contributed by atoms with Crippen molar-refractivity contribution in [1.29, 1.82) is 0 Å². The molecule has 3 rings (SSSR count). The van der Waals surface area contributed by atoms with Gasteiger partial charge in [-0.15, -0.1) is 24.0 Å². The summed E-state index contributed by atoms with van der Waals surface area (Å²) < 4.78 is 6.14. The van der Waals surface area contributed by atoms with Gasteiger partial charge in [-0.2, -0.15) is 0 Å². The summed E-state index contributed by atoms with van der Waals surface area (Å²) >= 11 is 5.99. The Morgan fingerprint density at radius 3 is 2.00 bits per heavy atom. The van der Waals surface area contributed by atoms with Crippen molar-refractivity contribution in [2.45, 2.75) is 13.0 Å². The zero-order chi connectivity index (χ0) is 18.7. The van der Waals surface area contributed by atoms with E-state index in [1.165, 1.54) is 16.7 Å². The summed E-state index contributed by atoms with van der Waals surface area (Å²) in [6, 6.07) is 29.3. The molecular weight excluding hydrogens is 389 g/mol. The Hall–Kier alpha value is -2.00. The number of para-hydroxylation sites is 1. The zero-order valence-electron chi connectivity index (χ0n) is 16.0. The maximum absolute atomic E-state index is 6.14. The third kappa shape index (κ3) is 7.20. The van der Waals surface area contributed by atoms with Gasteiger partial charge < -0.3 is 4.74 Å². The fraction of sp³-hybridized carbons (Fsp3) is 0.250. The van der Waals surface area contributed by atoms with Gasteiger partial charge >= 0.3 is 0 Å². The molecule has 0 radical (unpaired) electrons. The fourth-order valence-electron chi connectivity index (χ4n) is 3.12. The molecule has 0 heterocycles. The molecule has 0 unspecified atom stereocenters. The second-order valence-electron chi connectivity index (χ2n) is 6.57. The predicted octanol–water partition coefficient (Wildman–Crippen LogP) is 5.82. The van der Waals surface area contributed by atoms with Crippen LogP contribution in [0.4, 0.5) is 0 Å². The van der Waals surface area contributed by atoms with Crippen LogP contribution in [0.25, 0.3) is 0 Å². The molecule has 0 aromatic heterocycles. The van der Waals surface area contributed by atoms with Gasteiger partial charge in [0.05, 0.1) is 0 Å². The lowest BCUT2D eigenvalue weighted by Gasteiger charge is -2.22. The zero-order valence-corrected chi connectivity index (χ0v) is 17.5. The molecule has 0 bridgehead atoms. The van der Waals surface area contributed by atoms with Gasteiger partial charge in [0.2, 0.25) is 0 Å². The lowest BCUT2D eigenvalue weighted by atomic mass is 10.0. The number of halogens is 2. The number of benzene rings is 3. The molecule has 0 aliphatic carbocycles. The minimum atomic E-state index is 0. The largest absolute Gasteiger partial charge is 0.492 e. The number of ether oxygens (including phenoxy) is 1. The van der Waals surface area contributed by atoms with E-state index in [-0.39, 0.29) is 12.4 Å². The first-order valence-corrected chi connectivity index (χ1v) is 9.95. The quantitative estimate of drug-likeness (QED) is 0.386. The summed E-state index contributed by atoms with van der Waals surface area (Å²) in [5.41, 5.74) is 3.81. The molecule has 0 atom stereocenters. The van der Waals surface area contributed by atoms with Crippen molar-refractivity contribution in [1.82, 2.24) is 4.90 Å². The summed E-state index contributed by atoms with van der Waals surface area (Å²) in [7, 11) is 0. The van der Waals surface area contributed by atoms with Gasteiger partial charge in [-0.3, -0.25) is 4.90 Å². The molecule has 4 heteroatoms. The topological polar surface area (TPSA) is 12.5 Å². The van der Waals surface area contributed by atoms with Crippen molar-refractivity contribution in [3.8, 4) is 5.75 Å². The minimum Gasteiger partial charge on any atom is -0.492 e. The molecule has 0 aliphatic heterocycles. The van der Waals surface area contributed by atoms with E-state index in [0.29, 0.717) is 12.5 Å². The molecule has 3 aromatic rings. The van der Waals surface area contributed by atoms with Crippen LogP contribution in [0.15, 0.2) is 84.9 Å². The SMILES string of the molecule is Cl.ClCCN(CCOc1ccccc1Cc1ccccc1)Cc1ccccc1. The first-order valence-electron chi connectivity index (χ1n) is 9.42. The van der Waals surface area contributed by atoms with Crippen LogP contribution >= 0.6 is 24.0 Å². The van der Waals surface area contributed by atoms with Crippen molar-refractivity contribution in [3.05, 3.63) is 102 Å². The van der Waals surface area contributed by atoms with E-state index in [1.807, 2.05) is 18.2 Å². The minimum absolute atomic E-state index is 0. The van der Waals surface area contributed by atoms with Crippen LogP contribution in [0.3, 0.4) is 0 Å². The van der Waals surface area contributed by atoms with E-state index in [2.05, 4.69) is 71.6 Å². The Balaban J connectivity index is 0.00000280.